The summed E-state index contributed by atoms with van der Waals surface area (Å²) >= 11 is 0. The fourth-order valence-corrected chi connectivity index (χ4v) is 4.48. The van der Waals surface area contributed by atoms with Crippen LogP contribution in [-0.2, 0) is 4.79 Å². The first-order chi connectivity index (χ1) is 16.6. The van der Waals surface area contributed by atoms with Gasteiger partial charge in [0.15, 0.2) is 0 Å². The summed E-state index contributed by atoms with van der Waals surface area (Å²) in [4.78, 5) is 18.3. The fraction of sp³-hybridized carbons (Fsp3) is 0.286. The van der Waals surface area contributed by atoms with Crippen molar-refractivity contribution >= 4 is 17.3 Å². The Morgan fingerprint density at radius 2 is 1.76 bits per heavy atom. The number of aryl methyl sites for hydroxylation is 1. The maximum absolute atomic E-state index is 13.7. The summed E-state index contributed by atoms with van der Waals surface area (Å²) in [5.74, 6) is 0.579. The minimum Gasteiger partial charge on any atom is -0.495 e. The summed E-state index contributed by atoms with van der Waals surface area (Å²) in [6, 6.07) is 25.2. The number of methoxy groups -OCH3 is 1. The van der Waals surface area contributed by atoms with Crippen molar-refractivity contribution in [3.63, 3.8) is 0 Å². The van der Waals surface area contributed by atoms with Crippen LogP contribution in [0.4, 0.5) is 11.4 Å². The van der Waals surface area contributed by atoms with E-state index < -0.39 is 6.04 Å². The van der Waals surface area contributed by atoms with Crippen LogP contribution >= 0.6 is 0 Å². The Balaban J connectivity index is 1.56. The molecule has 1 aliphatic rings. The lowest BCUT2D eigenvalue weighted by molar-refractivity contribution is -0.121. The van der Waals surface area contributed by atoms with Gasteiger partial charge in [-0.2, -0.15) is 5.26 Å². The van der Waals surface area contributed by atoms with E-state index in [2.05, 4.69) is 21.2 Å². The smallest absolute Gasteiger partial charge is 0.246 e. The minimum absolute atomic E-state index is 0.0677. The van der Waals surface area contributed by atoms with Gasteiger partial charge >= 0.3 is 0 Å². The highest BCUT2D eigenvalue weighted by atomic mass is 16.5. The second-order valence-corrected chi connectivity index (χ2v) is 8.54. The van der Waals surface area contributed by atoms with Crippen molar-refractivity contribution in [2.24, 2.45) is 0 Å². The number of carbonyl (C=O) groups excluding carboxylic acids is 1. The van der Waals surface area contributed by atoms with E-state index in [1.807, 2.05) is 79.7 Å². The molecule has 3 aromatic carbocycles. The van der Waals surface area contributed by atoms with Crippen molar-refractivity contribution in [2.45, 2.75) is 19.4 Å². The van der Waals surface area contributed by atoms with E-state index in [-0.39, 0.29) is 5.91 Å². The second-order valence-electron chi connectivity index (χ2n) is 8.54. The summed E-state index contributed by atoms with van der Waals surface area (Å²) in [5, 5.41) is 12.2. The summed E-state index contributed by atoms with van der Waals surface area (Å²) in [7, 11) is 1.61. The van der Waals surface area contributed by atoms with Crippen LogP contribution in [0.25, 0.3) is 0 Å². The van der Waals surface area contributed by atoms with E-state index in [4.69, 9.17) is 10.00 Å². The first-order valence-electron chi connectivity index (χ1n) is 11.6. The largest absolute Gasteiger partial charge is 0.495 e. The van der Waals surface area contributed by atoms with Crippen molar-refractivity contribution in [1.29, 1.82) is 5.26 Å². The summed E-state index contributed by atoms with van der Waals surface area (Å²) < 4.78 is 5.48. The number of carbonyl (C=O) groups is 1. The maximum Gasteiger partial charge on any atom is 0.246 e. The molecular formula is C28H30N4O2. The molecule has 1 amide bonds. The lowest BCUT2D eigenvalue weighted by atomic mass is 10.0. The van der Waals surface area contributed by atoms with Crippen molar-refractivity contribution < 1.29 is 9.53 Å². The topological polar surface area (TPSA) is 68.6 Å². The van der Waals surface area contributed by atoms with Gasteiger partial charge < -0.3 is 15.0 Å². The molecule has 0 aliphatic carbocycles. The summed E-state index contributed by atoms with van der Waals surface area (Å²) in [5.41, 5.74) is 4.47. The van der Waals surface area contributed by atoms with E-state index in [9.17, 15) is 4.79 Å². The van der Waals surface area contributed by atoms with Gasteiger partial charge in [0.05, 0.1) is 24.4 Å². The highest BCUT2D eigenvalue weighted by Gasteiger charge is 2.30. The molecule has 1 N–H and O–H groups in total. The number of anilines is 2. The number of nitrogens with zero attached hydrogens (tertiary/aromatic N) is 3. The normalized spacial score (nSPS) is 15.1. The number of nitrogens with one attached hydrogen (secondary N) is 1. The molecular weight excluding hydrogens is 424 g/mol. The van der Waals surface area contributed by atoms with Gasteiger partial charge in [0.2, 0.25) is 5.91 Å². The zero-order chi connectivity index (χ0) is 23.9. The van der Waals surface area contributed by atoms with Crippen molar-refractivity contribution in [2.75, 3.05) is 43.5 Å². The Morgan fingerprint density at radius 3 is 2.47 bits per heavy atom. The van der Waals surface area contributed by atoms with E-state index in [0.717, 1.165) is 49.4 Å². The molecule has 0 aromatic heterocycles. The predicted octanol–water partition coefficient (Wildman–Crippen LogP) is 4.77. The SMILES string of the molecule is COc1ccc(C)cc1NC(=O)C(c1ccccc1)N1CCCN(c2ccc(C#N)cc2)CC1. The van der Waals surface area contributed by atoms with Gasteiger partial charge in [0.1, 0.15) is 11.8 Å². The van der Waals surface area contributed by atoms with Crippen LogP contribution in [0, 0.1) is 18.3 Å². The molecule has 34 heavy (non-hydrogen) atoms. The van der Waals surface area contributed by atoms with Gasteiger partial charge in [-0.3, -0.25) is 9.69 Å². The van der Waals surface area contributed by atoms with E-state index in [1.165, 1.54) is 0 Å². The van der Waals surface area contributed by atoms with Gasteiger partial charge in [-0.05, 0) is 60.9 Å². The number of amides is 1. The van der Waals surface area contributed by atoms with Gasteiger partial charge in [-0.15, -0.1) is 0 Å². The molecule has 1 fully saturated rings. The molecule has 1 aliphatic heterocycles. The van der Waals surface area contributed by atoms with Crippen LogP contribution < -0.4 is 15.0 Å². The highest BCUT2D eigenvalue weighted by molar-refractivity contribution is 5.96. The maximum atomic E-state index is 13.7. The molecule has 0 spiro atoms. The number of benzene rings is 3. The van der Waals surface area contributed by atoms with Crippen LogP contribution in [0.2, 0.25) is 0 Å². The van der Waals surface area contributed by atoms with Crippen molar-refractivity contribution in [1.82, 2.24) is 4.90 Å². The molecule has 1 unspecified atom stereocenters. The van der Waals surface area contributed by atoms with Crippen molar-refractivity contribution in [3.8, 4) is 11.8 Å². The quantitative estimate of drug-likeness (QED) is 0.581. The molecule has 6 heteroatoms. The van der Waals surface area contributed by atoms with Crippen molar-refractivity contribution in [3.05, 3.63) is 89.5 Å². The van der Waals surface area contributed by atoms with E-state index in [0.29, 0.717) is 17.0 Å². The Bertz CT molecular complexity index is 1160. The number of hydrogen-bond donors (Lipinski definition) is 1. The number of hydrogen-bond acceptors (Lipinski definition) is 5. The van der Waals surface area contributed by atoms with Crippen LogP contribution in [0.1, 0.15) is 29.2 Å². The average Bonchev–Trinajstić information content (AvgIpc) is 3.11. The first-order valence-corrected chi connectivity index (χ1v) is 11.6. The van der Waals surface area contributed by atoms with Crippen LogP contribution in [-0.4, -0.2) is 44.1 Å². The minimum atomic E-state index is -0.410. The Morgan fingerprint density at radius 1 is 1.00 bits per heavy atom. The summed E-state index contributed by atoms with van der Waals surface area (Å²) in [6.07, 6.45) is 0.935. The zero-order valence-electron chi connectivity index (χ0n) is 19.7. The Kier molecular flexibility index (Phi) is 7.46. The third kappa shape index (κ3) is 5.38. The molecule has 3 aromatic rings. The Labute approximate surface area is 201 Å². The third-order valence-electron chi connectivity index (χ3n) is 6.23. The molecule has 0 radical (unpaired) electrons. The predicted molar refractivity (Wildman–Crippen MR) is 135 cm³/mol. The monoisotopic (exact) mass is 454 g/mol. The molecule has 6 nitrogen and oxygen atoms in total. The van der Waals surface area contributed by atoms with Crippen LogP contribution in [0.15, 0.2) is 72.8 Å². The Hall–Kier alpha value is -3.82. The van der Waals surface area contributed by atoms with E-state index in [1.54, 1.807) is 7.11 Å². The van der Waals surface area contributed by atoms with Crippen LogP contribution in [0.5, 0.6) is 5.75 Å². The zero-order valence-corrected chi connectivity index (χ0v) is 19.7. The lowest BCUT2D eigenvalue weighted by Gasteiger charge is -2.30. The molecule has 1 heterocycles. The molecule has 1 saturated heterocycles. The first kappa shape index (κ1) is 23.3. The van der Waals surface area contributed by atoms with Crippen LogP contribution in [0.3, 0.4) is 0 Å². The fourth-order valence-electron chi connectivity index (χ4n) is 4.48. The second kappa shape index (κ2) is 10.9. The van der Waals surface area contributed by atoms with E-state index >= 15 is 0 Å². The lowest BCUT2D eigenvalue weighted by Crippen LogP contribution is -2.39. The highest BCUT2D eigenvalue weighted by Crippen LogP contribution is 2.29. The average molecular weight is 455 g/mol. The summed E-state index contributed by atoms with van der Waals surface area (Å²) in [6.45, 7) is 5.26. The van der Waals surface area contributed by atoms with Gasteiger partial charge in [-0.25, -0.2) is 0 Å². The number of rotatable bonds is 6. The molecule has 0 saturated carbocycles. The molecule has 0 bridgehead atoms. The van der Waals surface area contributed by atoms with Gasteiger partial charge in [0.25, 0.3) is 0 Å². The van der Waals surface area contributed by atoms with Gasteiger partial charge in [-0.1, -0.05) is 36.4 Å². The molecule has 174 valence electrons. The third-order valence-corrected chi connectivity index (χ3v) is 6.23. The number of nitriles is 1. The molecule has 4 rings (SSSR count). The standard InChI is InChI=1S/C28H30N4O2/c1-21-9-14-26(34-2)25(19-21)30-28(33)27(23-7-4-3-5-8-23)32-16-6-15-31(17-18-32)24-12-10-22(20-29)11-13-24/h3-5,7-14,19,27H,6,15-18H2,1-2H3,(H,30,33). The molecule has 1 atom stereocenters. The number of ether oxygens (including phenoxy) is 1. The van der Waals surface area contributed by atoms with Gasteiger partial charge in [0, 0.05) is 31.9 Å².